The van der Waals surface area contributed by atoms with Crippen LogP contribution in [0.1, 0.15) is 23.5 Å². The van der Waals surface area contributed by atoms with Crippen LogP contribution in [0.5, 0.6) is 0 Å². The average molecular weight is 413 g/mol. The second-order valence-corrected chi connectivity index (χ2v) is 7.36. The zero-order valence-corrected chi connectivity index (χ0v) is 17.0. The molecule has 4 aromatic rings. The van der Waals surface area contributed by atoms with Gasteiger partial charge in [0.1, 0.15) is 0 Å². The number of rotatable bonds is 7. The molecule has 6 nitrogen and oxygen atoms in total. The molecule has 3 aromatic carbocycles. The van der Waals surface area contributed by atoms with Crippen LogP contribution in [0.15, 0.2) is 94.5 Å². The molecule has 31 heavy (non-hydrogen) atoms. The van der Waals surface area contributed by atoms with Gasteiger partial charge in [-0.25, -0.2) is 4.79 Å². The molecule has 1 amide bonds. The Morgan fingerprint density at radius 3 is 2.06 bits per heavy atom. The minimum absolute atomic E-state index is 0.0305. The van der Waals surface area contributed by atoms with Gasteiger partial charge in [-0.3, -0.25) is 19.1 Å². The summed E-state index contributed by atoms with van der Waals surface area (Å²) in [6, 6.07) is 27.0. The van der Waals surface area contributed by atoms with Crippen molar-refractivity contribution in [3.8, 4) is 0 Å². The van der Waals surface area contributed by atoms with E-state index >= 15 is 0 Å². The van der Waals surface area contributed by atoms with Crippen LogP contribution in [0.3, 0.4) is 0 Å². The zero-order valence-electron chi connectivity index (χ0n) is 17.0. The Morgan fingerprint density at radius 2 is 1.42 bits per heavy atom. The third-order valence-corrected chi connectivity index (χ3v) is 5.37. The van der Waals surface area contributed by atoms with Crippen molar-refractivity contribution in [3.63, 3.8) is 0 Å². The summed E-state index contributed by atoms with van der Waals surface area (Å²) in [6.07, 6.45) is 0.131. The largest absolute Gasteiger partial charge is 0.355 e. The van der Waals surface area contributed by atoms with Gasteiger partial charge in [-0.15, -0.1) is 0 Å². The SMILES string of the molecule is O=C(CCn1c(=O)[nH]c(=O)c2ccccc21)NCC(c1ccccc1)c1ccccc1. The Bertz CT molecular complexity index is 1250. The van der Waals surface area contributed by atoms with Crippen LogP contribution in [0.4, 0.5) is 0 Å². The summed E-state index contributed by atoms with van der Waals surface area (Å²) >= 11 is 0. The van der Waals surface area contributed by atoms with Crippen molar-refractivity contribution in [2.45, 2.75) is 18.9 Å². The third kappa shape index (κ3) is 4.64. The number of aromatic amines is 1. The molecule has 0 atom stereocenters. The van der Waals surface area contributed by atoms with Crippen molar-refractivity contribution in [2.75, 3.05) is 6.54 Å². The summed E-state index contributed by atoms with van der Waals surface area (Å²) in [6.45, 7) is 0.636. The smallest absolute Gasteiger partial charge is 0.328 e. The van der Waals surface area contributed by atoms with E-state index in [2.05, 4.69) is 34.6 Å². The van der Waals surface area contributed by atoms with E-state index in [1.807, 2.05) is 36.4 Å². The van der Waals surface area contributed by atoms with Crippen LogP contribution in [0.25, 0.3) is 10.9 Å². The maximum Gasteiger partial charge on any atom is 0.328 e. The first-order chi connectivity index (χ1) is 15.1. The molecule has 156 valence electrons. The molecule has 0 aliphatic heterocycles. The van der Waals surface area contributed by atoms with E-state index in [0.717, 1.165) is 11.1 Å². The molecule has 2 N–H and O–H groups in total. The standard InChI is InChI=1S/C25H23N3O3/c29-23(15-16-28-22-14-8-7-13-20(22)24(30)27-25(28)31)26-17-21(18-9-3-1-4-10-18)19-11-5-2-6-12-19/h1-14,21H,15-17H2,(H,26,29)(H,27,30,31). The summed E-state index contributed by atoms with van der Waals surface area (Å²) in [5.41, 5.74) is 1.84. The van der Waals surface area contributed by atoms with Gasteiger partial charge in [0.05, 0.1) is 10.9 Å². The quantitative estimate of drug-likeness (QED) is 0.488. The first kappa shape index (κ1) is 20.3. The van der Waals surface area contributed by atoms with Gasteiger partial charge in [-0.1, -0.05) is 72.8 Å². The fraction of sp³-hybridized carbons (Fsp3) is 0.160. The number of nitrogens with zero attached hydrogens (tertiary/aromatic N) is 1. The summed E-state index contributed by atoms with van der Waals surface area (Å²) in [5.74, 6) is -0.123. The fourth-order valence-corrected chi connectivity index (χ4v) is 3.78. The van der Waals surface area contributed by atoms with Gasteiger partial charge >= 0.3 is 5.69 Å². The summed E-state index contributed by atoms with van der Waals surface area (Å²) in [5, 5.41) is 3.43. The topological polar surface area (TPSA) is 84.0 Å². The van der Waals surface area contributed by atoms with Crippen LogP contribution in [-0.2, 0) is 11.3 Å². The molecule has 0 fully saturated rings. The number of H-pyrrole nitrogens is 1. The van der Waals surface area contributed by atoms with E-state index in [1.165, 1.54) is 4.57 Å². The highest BCUT2D eigenvalue weighted by Crippen LogP contribution is 2.23. The van der Waals surface area contributed by atoms with Gasteiger partial charge in [-0.05, 0) is 23.3 Å². The lowest BCUT2D eigenvalue weighted by atomic mass is 9.91. The number of nitrogens with one attached hydrogen (secondary N) is 2. The van der Waals surface area contributed by atoms with E-state index in [9.17, 15) is 14.4 Å². The van der Waals surface area contributed by atoms with Crippen molar-refractivity contribution in [2.24, 2.45) is 0 Å². The number of carbonyl (C=O) groups excluding carboxylic acids is 1. The summed E-state index contributed by atoms with van der Waals surface area (Å²) < 4.78 is 1.43. The number of carbonyl (C=O) groups is 1. The maximum atomic E-state index is 12.6. The number of aryl methyl sites for hydroxylation is 1. The fourth-order valence-electron chi connectivity index (χ4n) is 3.78. The van der Waals surface area contributed by atoms with Crippen molar-refractivity contribution < 1.29 is 4.79 Å². The van der Waals surface area contributed by atoms with E-state index in [1.54, 1.807) is 24.3 Å². The molecule has 0 radical (unpaired) electrons. The molecule has 0 spiro atoms. The molecular formula is C25H23N3O3. The van der Waals surface area contributed by atoms with Crippen molar-refractivity contribution in [1.29, 1.82) is 0 Å². The Kier molecular flexibility index (Phi) is 6.08. The molecule has 1 heterocycles. The highest BCUT2D eigenvalue weighted by atomic mass is 16.2. The van der Waals surface area contributed by atoms with Gasteiger partial charge in [0.2, 0.25) is 5.91 Å². The second kappa shape index (κ2) is 9.26. The Balaban J connectivity index is 1.47. The van der Waals surface area contributed by atoms with E-state index < -0.39 is 11.2 Å². The number of para-hydroxylation sites is 1. The molecule has 0 aliphatic carbocycles. The molecule has 4 rings (SSSR count). The number of amides is 1. The molecule has 0 unspecified atom stereocenters. The van der Waals surface area contributed by atoms with Crippen molar-refractivity contribution in [3.05, 3.63) is 117 Å². The number of hydrogen-bond acceptors (Lipinski definition) is 3. The zero-order chi connectivity index (χ0) is 21.6. The van der Waals surface area contributed by atoms with Crippen LogP contribution >= 0.6 is 0 Å². The second-order valence-electron chi connectivity index (χ2n) is 7.36. The average Bonchev–Trinajstić information content (AvgIpc) is 2.80. The lowest BCUT2D eigenvalue weighted by Crippen LogP contribution is -2.33. The minimum atomic E-state index is -0.511. The van der Waals surface area contributed by atoms with Gasteiger partial charge < -0.3 is 5.32 Å². The number of aromatic nitrogens is 2. The molecular weight excluding hydrogens is 390 g/mol. The highest BCUT2D eigenvalue weighted by molar-refractivity contribution is 5.78. The molecule has 0 saturated heterocycles. The summed E-state index contributed by atoms with van der Waals surface area (Å²) in [7, 11) is 0. The summed E-state index contributed by atoms with van der Waals surface area (Å²) in [4.78, 5) is 39.2. The Morgan fingerprint density at radius 1 is 0.839 bits per heavy atom. The van der Waals surface area contributed by atoms with Crippen LogP contribution in [0.2, 0.25) is 0 Å². The Hall–Kier alpha value is -3.93. The first-order valence-corrected chi connectivity index (χ1v) is 10.2. The molecule has 1 aromatic heterocycles. The third-order valence-electron chi connectivity index (χ3n) is 5.37. The molecule has 0 aliphatic rings. The van der Waals surface area contributed by atoms with Crippen molar-refractivity contribution >= 4 is 16.8 Å². The van der Waals surface area contributed by atoms with Crippen LogP contribution in [-0.4, -0.2) is 22.0 Å². The van der Waals surface area contributed by atoms with E-state index in [-0.39, 0.29) is 24.8 Å². The van der Waals surface area contributed by atoms with E-state index in [0.29, 0.717) is 17.4 Å². The van der Waals surface area contributed by atoms with Gasteiger partial charge in [0, 0.05) is 25.4 Å². The highest BCUT2D eigenvalue weighted by Gasteiger charge is 2.15. The first-order valence-electron chi connectivity index (χ1n) is 10.2. The van der Waals surface area contributed by atoms with Crippen LogP contribution < -0.4 is 16.6 Å². The predicted molar refractivity (Wildman–Crippen MR) is 121 cm³/mol. The molecule has 0 saturated carbocycles. The minimum Gasteiger partial charge on any atom is -0.355 e. The molecule has 0 bridgehead atoms. The number of benzene rings is 3. The van der Waals surface area contributed by atoms with Crippen molar-refractivity contribution in [1.82, 2.24) is 14.9 Å². The van der Waals surface area contributed by atoms with Gasteiger partial charge in [0.25, 0.3) is 5.56 Å². The number of hydrogen-bond donors (Lipinski definition) is 2. The predicted octanol–water partition coefficient (Wildman–Crippen LogP) is 3.03. The van der Waals surface area contributed by atoms with E-state index in [4.69, 9.17) is 0 Å². The monoisotopic (exact) mass is 413 g/mol. The lowest BCUT2D eigenvalue weighted by molar-refractivity contribution is -0.121. The van der Waals surface area contributed by atoms with Gasteiger partial charge in [-0.2, -0.15) is 0 Å². The maximum absolute atomic E-state index is 12.6. The van der Waals surface area contributed by atoms with Crippen LogP contribution in [0, 0.1) is 0 Å². The lowest BCUT2D eigenvalue weighted by Gasteiger charge is -2.19. The number of fused-ring (bicyclic) bond motifs is 1. The Labute approximate surface area is 179 Å². The normalized spacial score (nSPS) is 11.0. The van der Waals surface area contributed by atoms with Gasteiger partial charge in [0.15, 0.2) is 0 Å². The molecule has 6 heteroatoms.